The Bertz CT molecular complexity index is 491. The van der Waals surface area contributed by atoms with E-state index in [-0.39, 0.29) is 11.7 Å². The zero-order valence-electron chi connectivity index (χ0n) is 11.9. The summed E-state index contributed by atoms with van der Waals surface area (Å²) < 4.78 is 13.4. The van der Waals surface area contributed by atoms with Crippen LogP contribution in [0.2, 0.25) is 0 Å². The maximum absolute atomic E-state index is 13.4. The maximum atomic E-state index is 13.4. The smallest absolute Gasteiger partial charge is 0.292 e. The van der Waals surface area contributed by atoms with Crippen molar-refractivity contribution in [3.63, 3.8) is 0 Å². The minimum Gasteiger partial charge on any atom is -0.376 e. The number of halogens is 1. The summed E-state index contributed by atoms with van der Waals surface area (Å²) in [5.41, 5.74) is 0.243. The van der Waals surface area contributed by atoms with E-state index in [1.165, 1.54) is 18.6 Å². The number of nitrogens with one attached hydrogen (secondary N) is 1. The second kappa shape index (κ2) is 6.20. The van der Waals surface area contributed by atoms with Gasteiger partial charge in [-0.15, -0.1) is 0 Å². The van der Waals surface area contributed by atoms with Crippen molar-refractivity contribution in [2.75, 3.05) is 5.32 Å². The van der Waals surface area contributed by atoms with E-state index in [4.69, 9.17) is 0 Å². The lowest BCUT2D eigenvalue weighted by molar-refractivity contribution is -0.384. The molecule has 2 unspecified atom stereocenters. The molecule has 20 heavy (non-hydrogen) atoms. The summed E-state index contributed by atoms with van der Waals surface area (Å²) in [6.45, 7) is 4.34. The third kappa shape index (κ3) is 3.26. The fourth-order valence-corrected chi connectivity index (χ4v) is 3.12. The predicted molar refractivity (Wildman–Crippen MR) is 77.3 cm³/mol. The molecule has 0 saturated heterocycles. The number of hydrogen-bond donors (Lipinski definition) is 1. The first-order chi connectivity index (χ1) is 9.49. The van der Waals surface area contributed by atoms with Crippen LogP contribution in [-0.2, 0) is 0 Å². The van der Waals surface area contributed by atoms with Gasteiger partial charge in [0, 0.05) is 18.2 Å². The van der Waals surface area contributed by atoms with Gasteiger partial charge in [0.25, 0.3) is 5.69 Å². The number of rotatable bonds is 4. The summed E-state index contributed by atoms with van der Waals surface area (Å²) in [6, 6.07) is 3.77. The average molecular weight is 280 g/mol. The largest absolute Gasteiger partial charge is 0.376 e. The first-order valence-corrected chi connectivity index (χ1v) is 7.19. The maximum Gasteiger partial charge on any atom is 0.292 e. The Labute approximate surface area is 118 Å². The van der Waals surface area contributed by atoms with Crippen molar-refractivity contribution in [3.05, 3.63) is 34.1 Å². The summed E-state index contributed by atoms with van der Waals surface area (Å²) in [4.78, 5) is 10.6. The molecule has 1 aromatic carbocycles. The van der Waals surface area contributed by atoms with E-state index in [1.54, 1.807) is 0 Å². The molecular formula is C15H21FN2O2. The molecule has 0 aromatic heterocycles. The van der Waals surface area contributed by atoms with Crippen molar-refractivity contribution in [2.24, 2.45) is 11.8 Å². The average Bonchev–Trinajstić information content (AvgIpc) is 2.38. The van der Waals surface area contributed by atoms with E-state index in [2.05, 4.69) is 19.2 Å². The lowest BCUT2D eigenvalue weighted by Crippen LogP contribution is -2.35. The molecule has 1 aliphatic rings. The molecule has 5 heteroatoms. The number of nitro groups is 1. The standard InChI is InChI=1S/C15H21FN2O2/c1-10(2)12-5-3-4-6-13(12)17-14-9-11(16)7-8-15(14)18(19)20/h7-10,12-13,17H,3-6H2,1-2H3. The number of nitrogens with zero attached hydrogens (tertiary/aromatic N) is 1. The normalized spacial score (nSPS) is 22.8. The van der Waals surface area contributed by atoms with Crippen LogP contribution in [0.3, 0.4) is 0 Å². The SMILES string of the molecule is CC(C)C1CCCCC1Nc1cc(F)ccc1[N+](=O)[O-]. The van der Waals surface area contributed by atoms with E-state index in [0.717, 1.165) is 25.3 Å². The number of benzene rings is 1. The Balaban J connectivity index is 2.23. The third-order valence-electron chi connectivity index (χ3n) is 4.17. The zero-order valence-corrected chi connectivity index (χ0v) is 11.9. The molecule has 0 spiro atoms. The van der Waals surface area contributed by atoms with Crippen molar-refractivity contribution in [2.45, 2.75) is 45.6 Å². The quantitative estimate of drug-likeness (QED) is 0.658. The first-order valence-electron chi connectivity index (χ1n) is 7.19. The molecule has 1 saturated carbocycles. The van der Waals surface area contributed by atoms with Crippen LogP contribution in [0.4, 0.5) is 15.8 Å². The van der Waals surface area contributed by atoms with Crippen molar-refractivity contribution in [1.29, 1.82) is 0 Å². The molecule has 0 heterocycles. The van der Waals surface area contributed by atoms with E-state index >= 15 is 0 Å². The Morgan fingerprint density at radius 3 is 2.70 bits per heavy atom. The van der Waals surface area contributed by atoms with Crippen molar-refractivity contribution in [1.82, 2.24) is 0 Å². The fraction of sp³-hybridized carbons (Fsp3) is 0.600. The molecule has 2 atom stereocenters. The lowest BCUT2D eigenvalue weighted by Gasteiger charge is -2.35. The van der Waals surface area contributed by atoms with Crippen molar-refractivity contribution >= 4 is 11.4 Å². The van der Waals surface area contributed by atoms with Crippen molar-refractivity contribution in [3.8, 4) is 0 Å². The van der Waals surface area contributed by atoms with Gasteiger partial charge in [-0.3, -0.25) is 10.1 Å². The van der Waals surface area contributed by atoms with Crippen LogP contribution in [0, 0.1) is 27.8 Å². The highest BCUT2D eigenvalue weighted by Crippen LogP contribution is 2.34. The van der Waals surface area contributed by atoms with Gasteiger partial charge in [0.2, 0.25) is 0 Å². The fourth-order valence-electron chi connectivity index (χ4n) is 3.12. The van der Waals surface area contributed by atoms with Crippen LogP contribution >= 0.6 is 0 Å². The van der Waals surface area contributed by atoms with Crippen LogP contribution < -0.4 is 5.32 Å². The highest BCUT2D eigenvalue weighted by molar-refractivity contribution is 5.62. The highest BCUT2D eigenvalue weighted by Gasteiger charge is 2.29. The second-order valence-electron chi connectivity index (χ2n) is 5.86. The van der Waals surface area contributed by atoms with E-state index < -0.39 is 10.7 Å². The van der Waals surface area contributed by atoms with Gasteiger partial charge in [-0.25, -0.2) is 4.39 Å². The van der Waals surface area contributed by atoms with Gasteiger partial charge in [0.05, 0.1) is 4.92 Å². The van der Waals surface area contributed by atoms with Crippen LogP contribution in [0.25, 0.3) is 0 Å². The summed E-state index contributed by atoms with van der Waals surface area (Å²) in [5.74, 6) is 0.544. The number of hydrogen-bond acceptors (Lipinski definition) is 3. The van der Waals surface area contributed by atoms with Crippen LogP contribution in [0.1, 0.15) is 39.5 Å². The molecule has 1 aromatic rings. The van der Waals surface area contributed by atoms with Gasteiger partial charge in [0.1, 0.15) is 11.5 Å². The lowest BCUT2D eigenvalue weighted by atomic mass is 9.77. The van der Waals surface area contributed by atoms with Gasteiger partial charge < -0.3 is 5.32 Å². The highest BCUT2D eigenvalue weighted by atomic mass is 19.1. The predicted octanol–water partition coefficient (Wildman–Crippen LogP) is 4.36. The minimum atomic E-state index is -0.463. The van der Waals surface area contributed by atoms with E-state index in [0.29, 0.717) is 17.5 Å². The van der Waals surface area contributed by atoms with Crippen LogP contribution in [-0.4, -0.2) is 11.0 Å². The van der Waals surface area contributed by atoms with Gasteiger partial charge in [-0.1, -0.05) is 26.7 Å². The number of nitro benzene ring substituents is 1. The van der Waals surface area contributed by atoms with Gasteiger partial charge in [0.15, 0.2) is 0 Å². The summed E-state index contributed by atoms with van der Waals surface area (Å²) in [7, 11) is 0. The summed E-state index contributed by atoms with van der Waals surface area (Å²) in [6.07, 6.45) is 4.42. The molecule has 1 N–H and O–H groups in total. The molecule has 1 aliphatic carbocycles. The van der Waals surface area contributed by atoms with E-state index in [1.807, 2.05) is 0 Å². The summed E-state index contributed by atoms with van der Waals surface area (Å²) in [5, 5.41) is 14.3. The number of anilines is 1. The molecule has 1 fully saturated rings. The summed E-state index contributed by atoms with van der Waals surface area (Å²) >= 11 is 0. The topological polar surface area (TPSA) is 55.2 Å². The molecule has 0 bridgehead atoms. The molecule has 0 aliphatic heterocycles. The van der Waals surface area contributed by atoms with Gasteiger partial charge in [-0.2, -0.15) is 0 Å². The van der Waals surface area contributed by atoms with Crippen molar-refractivity contribution < 1.29 is 9.31 Å². The monoisotopic (exact) mass is 280 g/mol. The van der Waals surface area contributed by atoms with Crippen LogP contribution in [0.5, 0.6) is 0 Å². The third-order valence-corrected chi connectivity index (χ3v) is 4.17. The van der Waals surface area contributed by atoms with Crippen LogP contribution in [0.15, 0.2) is 18.2 Å². The minimum absolute atomic E-state index is 0.0560. The molecular weight excluding hydrogens is 259 g/mol. The second-order valence-corrected chi connectivity index (χ2v) is 5.86. The Kier molecular flexibility index (Phi) is 4.57. The molecule has 110 valence electrons. The van der Waals surface area contributed by atoms with E-state index in [9.17, 15) is 14.5 Å². The molecule has 4 nitrogen and oxygen atoms in total. The molecule has 0 radical (unpaired) electrons. The first kappa shape index (κ1) is 14.8. The Morgan fingerprint density at radius 1 is 1.35 bits per heavy atom. The Hall–Kier alpha value is -1.65. The Morgan fingerprint density at radius 2 is 2.05 bits per heavy atom. The molecule has 0 amide bonds. The molecule has 2 rings (SSSR count). The van der Waals surface area contributed by atoms with Gasteiger partial charge >= 0.3 is 0 Å². The van der Waals surface area contributed by atoms with Gasteiger partial charge in [-0.05, 0) is 30.7 Å². The zero-order chi connectivity index (χ0) is 14.7.